The van der Waals surface area contributed by atoms with Gasteiger partial charge in [0.15, 0.2) is 17.7 Å². The summed E-state index contributed by atoms with van der Waals surface area (Å²) in [6.45, 7) is 0.130. The summed E-state index contributed by atoms with van der Waals surface area (Å²) in [5.74, 6) is -4.24. The molecule has 12 nitrogen and oxygen atoms in total. The molecule has 0 unspecified atom stereocenters. The number of hydrogen-bond donors (Lipinski definition) is 12. The molecule has 0 amide bonds. The van der Waals surface area contributed by atoms with Crippen molar-refractivity contribution in [2.75, 3.05) is 39.5 Å². The van der Waals surface area contributed by atoms with Crippen LogP contribution in [0.5, 0.6) is 0 Å². The van der Waals surface area contributed by atoms with Crippen molar-refractivity contribution >= 4 is 0 Å². The lowest BCUT2D eigenvalue weighted by atomic mass is 10.3. The highest BCUT2D eigenvalue weighted by Crippen LogP contribution is 2.05. The van der Waals surface area contributed by atoms with Crippen molar-refractivity contribution in [3.05, 3.63) is 0 Å². The normalized spacial score (nSPS) is 36.9. The van der Waals surface area contributed by atoms with E-state index in [0.717, 1.165) is 0 Å². The molecule has 1 aliphatic rings. The van der Waals surface area contributed by atoms with Gasteiger partial charge in [0.1, 0.15) is 0 Å². The molecule has 0 atom stereocenters. The summed E-state index contributed by atoms with van der Waals surface area (Å²) in [7, 11) is 0. The Morgan fingerprint density at radius 3 is 1.05 bits per heavy atom. The molecule has 126 valence electrons. The van der Waals surface area contributed by atoms with Gasteiger partial charge >= 0.3 is 0 Å². The second kappa shape index (κ2) is 7.68. The largest absolute Gasteiger partial charge is 0.395 e. The average molecular weight is 309 g/mol. The number of nitrogens with two attached hydrogens (primary N) is 3. The minimum Gasteiger partial charge on any atom is -0.395 e. The monoisotopic (exact) mass is 309 g/mol. The second-order valence-electron chi connectivity index (χ2n) is 4.75. The molecule has 1 aliphatic heterocycles. The van der Waals surface area contributed by atoms with Gasteiger partial charge < -0.3 is 15.3 Å². The molecule has 0 aromatic rings. The van der Waals surface area contributed by atoms with Crippen LogP contribution in [0.25, 0.3) is 0 Å². The minimum atomic E-state index is -1.41. The third-order valence-corrected chi connectivity index (χ3v) is 2.73. The maximum Gasteiger partial charge on any atom is 0.186 e. The van der Waals surface area contributed by atoms with E-state index in [1.807, 2.05) is 0 Å². The Labute approximate surface area is 122 Å². The fraction of sp³-hybridized carbons (Fsp3) is 1.00. The van der Waals surface area contributed by atoms with Crippen LogP contribution in [0, 0.1) is 0 Å². The van der Waals surface area contributed by atoms with Crippen LogP contribution in [0.3, 0.4) is 0 Å². The van der Waals surface area contributed by atoms with Gasteiger partial charge in [0.25, 0.3) is 0 Å². The van der Waals surface area contributed by atoms with Gasteiger partial charge in [0.2, 0.25) is 0 Å². The van der Waals surface area contributed by atoms with Gasteiger partial charge in [-0.3, -0.25) is 33.2 Å². The summed E-state index contributed by atoms with van der Waals surface area (Å²) in [5, 5.41) is 43.6. The minimum absolute atomic E-state index is 0.140. The summed E-state index contributed by atoms with van der Waals surface area (Å²) in [6, 6.07) is 0. The van der Waals surface area contributed by atoms with Crippen molar-refractivity contribution in [2.45, 2.75) is 17.7 Å². The van der Waals surface area contributed by atoms with Gasteiger partial charge in [0.05, 0.1) is 19.8 Å². The molecule has 12 heteroatoms. The SMILES string of the molecule is NC1(NCCO)NC(N)(NCCO)NC(N)(NCCO)N1. The molecule has 0 saturated carbocycles. The van der Waals surface area contributed by atoms with Crippen LogP contribution >= 0.6 is 0 Å². The highest BCUT2D eigenvalue weighted by molar-refractivity contribution is 4.99. The molecule has 0 bridgehead atoms. The van der Waals surface area contributed by atoms with E-state index in [1.54, 1.807) is 0 Å². The van der Waals surface area contributed by atoms with E-state index < -0.39 is 17.7 Å². The molecule has 1 heterocycles. The molecule has 0 radical (unpaired) electrons. The first-order valence-corrected chi connectivity index (χ1v) is 6.63. The Morgan fingerprint density at radius 1 is 0.619 bits per heavy atom. The van der Waals surface area contributed by atoms with Gasteiger partial charge in [0, 0.05) is 19.6 Å². The predicted octanol–water partition coefficient (Wildman–Crippen LogP) is -6.78. The van der Waals surface area contributed by atoms with E-state index in [9.17, 15) is 0 Å². The number of aliphatic hydroxyl groups excluding tert-OH is 3. The van der Waals surface area contributed by atoms with Crippen molar-refractivity contribution in [1.82, 2.24) is 31.9 Å². The molecule has 21 heavy (non-hydrogen) atoms. The molecule has 1 saturated heterocycles. The lowest BCUT2D eigenvalue weighted by molar-refractivity contribution is -0.0548. The molecule has 0 aromatic carbocycles. The average Bonchev–Trinajstić information content (AvgIpc) is 2.39. The van der Waals surface area contributed by atoms with E-state index in [2.05, 4.69) is 31.9 Å². The van der Waals surface area contributed by atoms with Crippen LogP contribution in [-0.4, -0.2) is 72.5 Å². The van der Waals surface area contributed by atoms with E-state index in [1.165, 1.54) is 0 Å². The molecule has 15 N–H and O–H groups in total. The van der Waals surface area contributed by atoms with Crippen LogP contribution in [0.2, 0.25) is 0 Å². The molecular weight excluding hydrogens is 282 g/mol. The fourth-order valence-electron chi connectivity index (χ4n) is 2.05. The van der Waals surface area contributed by atoms with Crippen molar-refractivity contribution < 1.29 is 15.3 Å². The molecular formula is C9H27N9O3. The summed E-state index contributed by atoms with van der Waals surface area (Å²) >= 11 is 0. The summed E-state index contributed by atoms with van der Waals surface area (Å²) in [4.78, 5) is 0. The molecule has 0 aliphatic carbocycles. The zero-order valence-electron chi connectivity index (χ0n) is 11.8. The summed E-state index contributed by atoms with van der Waals surface area (Å²) in [5.41, 5.74) is 18.3. The zero-order valence-corrected chi connectivity index (χ0v) is 11.8. The maximum absolute atomic E-state index is 8.91. The van der Waals surface area contributed by atoms with Gasteiger partial charge in [-0.2, -0.15) is 0 Å². The highest BCUT2D eigenvalue weighted by Gasteiger charge is 2.48. The number of nitrogens with one attached hydrogen (secondary N) is 6. The Hall–Kier alpha value is -0.480. The third-order valence-electron chi connectivity index (χ3n) is 2.73. The van der Waals surface area contributed by atoms with Gasteiger partial charge in [-0.05, 0) is 0 Å². The number of rotatable bonds is 9. The quantitative estimate of drug-likeness (QED) is 0.179. The lowest BCUT2D eigenvalue weighted by Crippen LogP contribution is -2.99. The molecule has 1 fully saturated rings. The van der Waals surface area contributed by atoms with Gasteiger partial charge in [-0.1, -0.05) is 0 Å². The van der Waals surface area contributed by atoms with Crippen molar-refractivity contribution in [1.29, 1.82) is 0 Å². The summed E-state index contributed by atoms with van der Waals surface area (Å²) < 4.78 is 0. The number of hydrogen-bond acceptors (Lipinski definition) is 12. The van der Waals surface area contributed by atoms with Crippen molar-refractivity contribution in [3.63, 3.8) is 0 Å². The Bertz CT molecular complexity index is 265. The van der Waals surface area contributed by atoms with E-state index in [0.29, 0.717) is 0 Å². The van der Waals surface area contributed by atoms with E-state index in [-0.39, 0.29) is 39.5 Å². The van der Waals surface area contributed by atoms with Crippen molar-refractivity contribution in [3.8, 4) is 0 Å². The van der Waals surface area contributed by atoms with Crippen LogP contribution in [0.15, 0.2) is 0 Å². The predicted molar refractivity (Wildman–Crippen MR) is 75.4 cm³/mol. The number of aliphatic hydroxyl groups is 3. The zero-order chi connectivity index (χ0) is 16.0. The first-order chi connectivity index (χ1) is 9.80. The smallest absolute Gasteiger partial charge is 0.186 e. The van der Waals surface area contributed by atoms with E-state index in [4.69, 9.17) is 32.5 Å². The topological polar surface area (TPSA) is 211 Å². The second-order valence-corrected chi connectivity index (χ2v) is 4.75. The highest BCUT2D eigenvalue weighted by atomic mass is 16.3. The fourth-order valence-corrected chi connectivity index (χ4v) is 2.05. The third kappa shape index (κ3) is 5.67. The first-order valence-electron chi connectivity index (χ1n) is 6.63. The van der Waals surface area contributed by atoms with Crippen LogP contribution in [0.1, 0.15) is 0 Å². The molecule has 0 aromatic heterocycles. The van der Waals surface area contributed by atoms with E-state index >= 15 is 0 Å². The first kappa shape index (κ1) is 18.6. The van der Waals surface area contributed by atoms with Gasteiger partial charge in [-0.15, -0.1) is 0 Å². The Kier molecular flexibility index (Phi) is 6.79. The lowest BCUT2D eigenvalue weighted by Gasteiger charge is -2.54. The van der Waals surface area contributed by atoms with Crippen LogP contribution in [-0.2, 0) is 0 Å². The Balaban J connectivity index is 2.86. The standard InChI is InChI=1S/C9H27N9O3/c10-7(13-1-4-19)16-8(11,14-2-5-20)18-9(12,17-7)15-3-6-21/h13-21H,1-6,10-12H2. The summed E-state index contributed by atoms with van der Waals surface area (Å²) in [6.07, 6.45) is 0. The maximum atomic E-state index is 8.91. The molecule has 1 rings (SSSR count). The van der Waals surface area contributed by atoms with Gasteiger partial charge in [-0.25, -0.2) is 16.0 Å². The van der Waals surface area contributed by atoms with Crippen LogP contribution < -0.4 is 49.1 Å². The van der Waals surface area contributed by atoms with Crippen molar-refractivity contribution in [2.24, 2.45) is 17.2 Å². The molecule has 0 spiro atoms. The van der Waals surface area contributed by atoms with Crippen LogP contribution in [0.4, 0.5) is 0 Å². The Morgan fingerprint density at radius 2 is 0.857 bits per heavy atom.